The summed E-state index contributed by atoms with van der Waals surface area (Å²) >= 11 is 0. The molecule has 2 amide bonds. The van der Waals surface area contributed by atoms with Gasteiger partial charge in [0.25, 0.3) is 0 Å². The first-order chi connectivity index (χ1) is 14.5. The molecular weight excluding hydrogens is 382 g/mol. The fourth-order valence-electron chi connectivity index (χ4n) is 3.44. The third-order valence-electron chi connectivity index (χ3n) is 5.23. The maximum Gasteiger partial charge on any atom is 0.409 e. The van der Waals surface area contributed by atoms with E-state index in [4.69, 9.17) is 4.74 Å². The summed E-state index contributed by atoms with van der Waals surface area (Å²) in [5.74, 6) is -0.324. The van der Waals surface area contributed by atoms with Crippen LogP contribution in [0.25, 0.3) is 0 Å². The van der Waals surface area contributed by atoms with Crippen LogP contribution in [0.2, 0.25) is 0 Å². The number of carbonyl (C=O) groups excluding carboxylic acids is 3. The summed E-state index contributed by atoms with van der Waals surface area (Å²) in [6.45, 7) is 6.14. The van der Waals surface area contributed by atoms with Gasteiger partial charge in [-0.05, 0) is 26.0 Å². The minimum absolute atomic E-state index is 0.137. The number of ketones is 1. The minimum Gasteiger partial charge on any atom is -0.450 e. The second-order valence-corrected chi connectivity index (χ2v) is 7.13. The second-order valence-electron chi connectivity index (χ2n) is 7.13. The zero-order valence-corrected chi connectivity index (χ0v) is 17.3. The number of piperazine rings is 1. The number of ether oxygens (including phenoxy) is 1. The Morgan fingerprint density at radius 3 is 2.27 bits per heavy atom. The van der Waals surface area contributed by atoms with Crippen LogP contribution in [0.1, 0.15) is 29.8 Å². The van der Waals surface area contributed by atoms with E-state index in [9.17, 15) is 14.4 Å². The zero-order chi connectivity index (χ0) is 21.5. The number of hydrogen-bond acceptors (Lipinski definition) is 5. The molecule has 158 valence electrons. The van der Waals surface area contributed by atoms with Crippen LogP contribution >= 0.6 is 0 Å². The summed E-state index contributed by atoms with van der Waals surface area (Å²) in [5.41, 5.74) is 1.52. The maximum absolute atomic E-state index is 12.9. The monoisotopic (exact) mass is 409 g/mol. The summed E-state index contributed by atoms with van der Waals surface area (Å²) in [6.07, 6.45) is -0.317. The van der Waals surface area contributed by atoms with Gasteiger partial charge in [-0.1, -0.05) is 42.5 Å². The molecule has 1 saturated heterocycles. The van der Waals surface area contributed by atoms with Gasteiger partial charge in [-0.25, -0.2) is 4.79 Å². The molecule has 0 aliphatic carbocycles. The Bertz CT molecular complexity index is 892. The fraction of sp³-hybridized carbons (Fsp3) is 0.348. The molecule has 2 aromatic carbocycles. The number of nitrogens with one attached hydrogen (secondary N) is 1. The molecule has 1 aliphatic heterocycles. The Labute approximate surface area is 176 Å². The lowest BCUT2D eigenvalue weighted by Crippen LogP contribution is -2.54. The minimum atomic E-state index is -0.394. The summed E-state index contributed by atoms with van der Waals surface area (Å²) in [7, 11) is 0. The van der Waals surface area contributed by atoms with Crippen molar-refractivity contribution in [2.75, 3.05) is 38.1 Å². The molecule has 1 atom stereocenters. The van der Waals surface area contributed by atoms with E-state index in [1.807, 2.05) is 30.0 Å². The SMILES string of the molecule is CCOC(=O)N1CCN(C(C)C(=O)Nc2ccccc2C(=O)c2ccccc2)CC1. The normalized spacial score (nSPS) is 15.3. The van der Waals surface area contributed by atoms with Gasteiger partial charge in [0.1, 0.15) is 0 Å². The van der Waals surface area contributed by atoms with E-state index in [0.29, 0.717) is 49.6 Å². The Hall–Kier alpha value is -3.19. The van der Waals surface area contributed by atoms with Gasteiger partial charge in [0.05, 0.1) is 18.3 Å². The molecule has 0 spiro atoms. The van der Waals surface area contributed by atoms with Gasteiger partial charge in [0.2, 0.25) is 5.91 Å². The number of carbonyl (C=O) groups is 3. The van der Waals surface area contributed by atoms with E-state index in [1.165, 1.54) is 0 Å². The summed E-state index contributed by atoms with van der Waals surface area (Å²) < 4.78 is 5.03. The molecule has 3 rings (SSSR count). The first kappa shape index (κ1) is 21.5. The lowest BCUT2D eigenvalue weighted by molar-refractivity contribution is -0.121. The van der Waals surface area contributed by atoms with E-state index in [-0.39, 0.29) is 17.8 Å². The second kappa shape index (κ2) is 10.0. The Kier molecular flexibility index (Phi) is 7.19. The standard InChI is InChI=1S/C23H27N3O4/c1-3-30-23(29)26-15-13-25(14-16-26)17(2)22(28)24-20-12-8-7-11-19(20)21(27)18-9-5-4-6-10-18/h4-12,17H,3,13-16H2,1-2H3,(H,24,28). The van der Waals surface area contributed by atoms with Gasteiger partial charge in [0, 0.05) is 37.3 Å². The molecule has 1 unspecified atom stereocenters. The molecule has 0 radical (unpaired) electrons. The van der Waals surface area contributed by atoms with Gasteiger partial charge in [-0.15, -0.1) is 0 Å². The largest absolute Gasteiger partial charge is 0.450 e. The van der Waals surface area contributed by atoms with Crippen LogP contribution in [-0.2, 0) is 9.53 Å². The number of amides is 2. The lowest BCUT2D eigenvalue weighted by atomic mass is 10.0. The molecule has 7 nitrogen and oxygen atoms in total. The number of hydrogen-bond donors (Lipinski definition) is 1. The highest BCUT2D eigenvalue weighted by atomic mass is 16.6. The van der Waals surface area contributed by atoms with Crippen molar-refractivity contribution < 1.29 is 19.1 Å². The van der Waals surface area contributed by atoms with Crippen molar-refractivity contribution in [3.8, 4) is 0 Å². The smallest absolute Gasteiger partial charge is 0.409 e. The van der Waals surface area contributed by atoms with Crippen LogP contribution in [0, 0.1) is 0 Å². The topological polar surface area (TPSA) is 79.0 Å². The number of para-hydroxylation sites is 1. The molecule has 0 bridgehead atoms. The number of rotatable bonds is 6. The van der Waals surface area contributed by atoms with Crippen molar-refractivity contribution in [1.82, 2.24) is 9.80 Å². The Balaban J connectivity index is 1.64. The maximum atomic E-state index is 12.9. The highest BCUT2D eigenvalue weighted by Crippen LogP contribution is 2.20. The van der Waals surface area contributed by atoms with Crippen molar-refractivity contribution in [3.63, 3.8) is 0 Å². The van der Waals surface area contributed by atoms with Gasteiger partial charge in [0.15, 0.2) is 5.78 Å². The van der Waals surface area contributed by atoms with Crippen molar-refractivity contribution in [1.29, 1.82) is 0 Å². The van der Waals surface area contributed by atoms with Crippen LogP contribution in [0.4, 0.5) is 10.5 Å². The number of benzene rings is 2. The summed E-state index contributed by atoms with van der Waals surface area (Å²) in [5, 5.41) is 2.91. The predicted molar refractivity (Wildman–Crippen MR) is 115 cm³/mol. The molecule has 0 aromatic heterocycles. The van der Waals surface area contributed by atoms with Crippen LogP contribution < -0.4 is 5.32 Å². The zero-order valence-electron chi connectivity index (χ0n) is 17.3. The number of nitrogens with zero attached hydrogens (tertiary/aromatic N) is 2. The van der Waals surface area contributed by atoms with Crippen LogP contribution in [0.15, 0.2) is 54.6 Å². The van der Waals surface area contributed by atoms with Gasteiger partial charge in [-0.2, -0.15) is 0 Å². The summed E-state index contributed by atoms with van der Waals surface area (Å²) in [6, 6.07) is 15.6. The third-order valence-corrected chi connectivity index (χ3v) is 5.23. The summed E-state index contributed by atoms with van der Waals surface area (Å²) in [4.78, 5) is 41.2. The molecule has 1 heterocycles. The average molecular weight is 409 g/mol. The van der Waals surface area contributed by atoms with Crippen LogP contribution in [0.3, 0.4) is 0 Å². The average Bonchev–Trinajstić information content (AvgIpc) is 2.79. The molecule has 2 aromatic rings. The molecule has 0 saturated carbocycles. The molecular formula is C23H27N3O4. The lowest BCUT2D eigenvalue weighted by Gasteiger charge is -2.36. The first-order valence-corrected chi connectivity index (χ1v) is 10.2. The van der Waals surface area contributed by atoms with Crippen molar-refractivity contribution in [2.45, 2.75) is 19.9 Å². The molecule has 30 heavy (non-hydrogen) atoms. The van der Waals surface area contributed by atoms with Gasteiger partial charge >= 0.3 is 6.09 Å². The third kappa shape index (κ3) is 5.04. The first-order valence-electron chi connectivity index (χ1n) is 10.2. The van der Waals surface area contributed by atoms with Crippen molar-refractivity contribution in [2.24, 2.45) is 0 Å². The van der Waals surface area contributed by atoms with E-state index in [0.717, 1.165) is 0 Å². The Morgan fingerprint density at radius 1 is 0.967 bits per heavy atom. The molecule has 1 fully saturated rings. The molecule has 1 aliphatic rings. The van der Waals surface area contributed by atoms with Crippen LogP contribution in [0.5, 0.6) is 0 Å². The number of anilines is 1. The highest BCUT2D eigenvalue weighted by molar-refractivity contribution is 6.14. The quantitative estimate of drug-likeness (QED) is 0.742. The van der Waals surface area contributed by atoms with Crippen LogP contribution in [-0.4, -0.2) is 66.4 Å². The highest BCUT2D eigenvalue weighted by Gasteiger charge is 2.28. The van der Waals surface area contributed by atoms with Crippen molar-refractivity contribution in [3.05, 3.63) is 65.7 Å². The van der Waals surface area contributed by atoms with Gasteiger partial charge in [-0.3, -0.25) is 14.5 Å². The molecule has 1 N–H and O–H groups in total. The van der Waals surface area contributed by atoms with E-state index in [2.05, 4.69) is 5.32 Å². The van der Waals surface area contributed by atoms with Gasteiger partial charge < -0.3 is 15.0 Å². The molecule has 7 heteroatoms. The van der Waals surface area contributed by atoms with E-state index >= 15 is 0 Å². The Morgan fingerprint density at radius 2 is 1.60 bits per heavy atom. The van der Waals surface area contributed by atoms with E-state index < -0.39 is 6.04 Å². The van der Waals surface area contributed by atoms with Crippen molar-refractivity contribution >= 4 is 23.5 Å². The fourth-order valence-corrected chi connectivity index (χ4v) is 3.44. The predicted octanol–water partition coefficient (Wildman–Crippen LogP) is 3.02. The van der Waals surface area contributed by atoms with E-state index in [1.54, 1.807) is 48.2 Å².